The Bertz CT molecular complexity index is 689. The predicted octanol–water partition coefficient (Wildman–Crippen LogP) is 2.39. The Morgan fingerprint density at radius 3 is 2.42 bits per heavy atom. The number of thiophene rings is 1. The molecule has 1 aliphatic heterocycles. The number of nitrogens with one attached hydrogen (secondary N) is 1. The normalized spacial score (nSPS) is 18.8. The summed E-state index contributed by atoms with van der Waals surface area (Å²) in [5, 5.41) is 12.6. The molecule has 2 amide bonds. The summed E-state index contributed by atoms with van der Waals surface area (Å²) in [4.78, 5) is 25.4. The van der Waals surface area contributed by atoms with Crippen molar-refractivity contribution >= 4 is 28.2 Å². The smallest absolute Gasteiger partial charge is 0.251 e. The second-order valence-corrected chi connectivity index (χ2v) is 9.04. The molecule has 0 aliphatic carbocycles. The highest BCUT2D eigenvalue weighted by Gasteiger charge is 2.43. The second-order valence-electron chi connectivity index (χ2n) is 8.02. The Labute approximate surface area is 146 Å². The summed E-state index contributed by atoms with van der Waals surface area (Å²) < 4.78 is 6.13. The number of fused-ring (bicyclic) bond motifs is 1. The fourth-order valence-electron chi connectivity index (χ4n) is 3.01. The van der Waals surface area contributed by atoms with Gasteiger partial charge in [0.1, 0.15) is 5.00 Å². The third-order valence-electron chi connectivity index (χ3n) is 4.17. The van der Waals surface area contributed by atoms with Crippen LogP contribution in [-0.2, 0) is 21.6 Å². The molecular formula is C17H26N2O4S. The second kappa shape index (κ2) is 5.82. The van der Waals surface area contributed by atoms with E-state index in [-0.39, 0.29) is 12.5 Å². The molecule has 0 saturated carbocycles. The molecule has 1 aliphatic rings. The van der Waals surface area contributed by atoms with Crippen LogP contribution in [0.1, 0.15) is 62.3 Å². The molecule has 7 heteroatoms. The molecule has 0 unspecified atom stereocenters. The average molecular weight is 354 g/mol. The minimum atomic E-state index is -0.954. The van der Waals surface area contributed by atoms with Crippen molar-refractivity contribution in [2.24, 2.45) is 11.1 Å². The third kappa shape index (κ3) is 3.34. The van der Waals surface area contributed by atoms with E-state index in [0.717, 1.165) is 10.4 Å². The van der Waals surface area contributed by atoms with Gasteiger partial charge in [0, 0.05) is 11.3 Å². The van der Waals surface area contributed by atoms with Gasteiger partial charge in [0.15, 0.2) is 0 Å². The predicted molar refractivity (Wildman–Crippen MR) is 94.2 cm³/mol. The highest BCUT2D eigenvalue weighted by molar-refractivity contribution is 7.17. The van der Waals surface area contributed by atoms with Crippen LogP contribution in [0.3, 0.4) is 0 Å². The van der Waals surface area contributed by atoms with Gasteiger partial charge in [0.05, 0.1) is 28.8 Å². The van der Waals surface area contributed by atoms with Crippen LogP contribution in [0.4, 0.5) is 5.00 Å². The number of hydrogen-bond acceptors (Lipinski definition) is 5. The number of anilines is 1. The van der Waals surface area contributed by atoms with Crippen molar-refractivity contribution in [3.63, 3.8) is 0 Å². The molecule has 0 bridgehead atoms. The Morgan fingerprint density at radius 2 is 1.92 bits per heavy atom. The van der Waals surface area contributed by atoms with Gasteiger partial charge in [-0.1, -0.05) is 0 Å². The quantitative estimate of drug-likeness (QED) is 0.772. The molecule has 6 nitrogen and oxygen atoms in total. The fraction of sp³-hybridized carbons (Fsp3) is 0.647. The van der Waals surface area contributed by atoms with Crippen molar-refractivity contribution in [3.05, 3.63) is 16.0 Å². The van der Waals surface area contributed by atoms with Gasteiger partial charge in [0.25, 0.3) is 5.91 Å². The third-order valence-corrected chi connectivity index (χ3v) is 5.62. The molecule has 0 aromatic carbocycles. The van der Waals surface area contributed by atoms with Crippen LogP contribution < -0.4 is 11.1 Å². The molecule has 24 heavy (non-hydrogen) atoms. The van der Waals surface area contributed by atoms with Crippen molar-refractivity contribution in [2.75, 3.05) is 11.9 Å². The van der Waals surface area contributed by atoms with Gasteiger partial charge in [-0.25, -0.2) is 0 Å². The molecule has 1 aromatic rings. The zero-order valence-electron chi connectivity index (χ0n) is 15.1. The number of carbonyl (C=O) groups excluding carboxylic acids is 2. The van der Waals surface area contributed by atoms with Gasteiger partial charge in [-0.3, -0.25) is 9.59 Å². The van der Waals surface area contributed by atoms with Gasteiger partial charge < -0.3 is 20.9 Å². The SMILES string of the molecule is CC1(C)Cc2c(sc(NC(=O)C(C)(C)CO)c2C(N)=O)C(C)(C)O1. The maximum atomic E-state index is 12.4. The van der Waals surface area contributed by atoms with Crippen LogP contribution in [0.25, 0.3) is 0 Å². The van der Waals surface area contributed by atoms with Gasteiger partial charge in [0.2, 0.25) is 5.91 Å². The number of rotatable bonds is 4. The van der Waals surface area contributed by atoms with Crippen LogP contribution >= 0.6 is 11.3 Å². The molecule has 1 aromatic heterocycles. The topological polar surface area (TPSA) is 102 Å². The zero-order chi connectivity index (χ0) is 18.5. The van der Waals surface area contributed by atoms with Gasteiger partial charge in [-0.2, -0.15) is 0 Å². The first-order valence-electron chi connectivity index (χ1n) is 7.89. The number of nitrogens with two attached hydrogens (primary N) is 1. The number of carbonyl (C=O) groups is 2. The minimum absolute atomic E-state index is 0.294. The molecule has 0 fully saturated rings. The molecule has 0 radical (unpaired) electrons. The summed E-state index contributed by atoms with van der Waals surface area (Å²) in [7, 11) is 0. The van der Waals surface area contributed by atoms with Crippen LogP contribution in [0.5, 0.6) is 0 Å². The first-order valence-corrected chi connectivity index (χ1v) is 8.71. The number of ether oxygens (including phenoxy) is 1. The molecule has 0 atom stereocenters. The van der Waals surface area contributed by atoms with E-state index in [1.165, 1.54) is 11.3 Å². The number of aliphatic hydroxyl groups excluding tert-OH is 1. The number of aliphatic hydroxyl groups is 1. The van der Waals surface area contributed by atoms with Crippen molar-refractivity contribution in [3.8, 4) is 0 Å². The molecule has 134 valence electrons. The summed E-state index contributed by atoms with van der Waals surface area (Å²) in [6.45, 7) is 10.8. The number of amides is 2. The highest BCUT2D eigenvalue weighted by Crippen LogP contribution is 2.48. The highest BCUT2D eigenvalue weighted by atomic mass is 32.1. The first kappa shape index (κ1) is 18.9. The Morgan fingerprint density at radius 1 is 1.33 bits per heavy atom. The Hall–Kier alpha value is -1.44. The van der Waals surface area contributed by atoms with Crippen molar-refractivity contribution in [1.29, 1.82) is 0 Å². The largest absolute Gasteiger partial charge is 0.395 e. The lowest BCUT2D eigenvalue weighted by Crippen LogP contribution is -2.42. The standard InChI is InChI=1S/C17H26N2O4S/c1-15(2,8-20)14(22)19-13-10(12(18)21)9-7-16(3,4)23-17(5,6)11(9)24-13/h20H,7-8H2,1-6H3,(H2,18,21)(H,19,22). The van der Waals surface area contributed by atoms with Crippen molar-refractivity contribution in [1.82, 2.24) is 0 Å². The number of primary amides is 1. The lowest BCUT2D eigenvalue weighted by atomic mass is 9.86. The van der Waals surface area contributed by atoms with Gasteiger partial charge in [-0.15, -0.1) is 11.3 Å². The van der Waals surface area contributed by atoms with Crippen LogP contribution in [0.15, 0.2) is 0 Å². The van der Waals surface area contributed by atoms with Crippen molar-refractivity contribution < 1.29 is 19.4 Å². The summed E-state index contributed by atoms with van der Waals surface area (Å²) in [6, 6.07) is 0. The molecule has 2 rings (SSSR count). The monoisotopic (exact) mass is 354 g/mol. The van der Waals surface area contributed by atoms with E-state index >= 15 is 0 Å². The van der Waals surface area contributed by atoms with E-state index in [1.807, 2.05) is 27.7 Å². The maximum absolute atomic E-state index is 12.4. The van der Waals surface area contributed by atoms with E-state index < -0.39 is 22.5 Å². The zero-order valence-corrected chi connectivity index (χ0v) is 15.9. The average Bonchev–Trinajstić information content (AvgIpc) is 2.75. The molecular weight excluding hydrogens is 328 g/mol. The Balaban J connectivity index is 2.55. The number of hydrogen-bond donors (Lipinski definition) is 3. The van der Waals surface area contributed by atoms with E-state index in [9.17, 15) is 14.7 Å². The molecule has 0 spiro atoms. The summed E-state index contributed by atoms with van der Waals surface area (Å²) in [5.41, 5.74) is 4.82. The van der Waals surface area contributed by atoms with Crippen molar-refractivity contribution in [2.45, 2.75) is 59.2 Å². The van der Waals surface area contributed by atoms with Crippen LogP contribution in [0.2, 0.25) is 0 Å². The lowest BCUT2D eigenvalue weighted by Gasteiger charge is -2.41. The molecule has 4 N–H and O–H groups in total. The minimum Gasteiger partial charge on any atom is -0.395 e. The summed E-state index contributed by atoms with van der Waals surface area (Å²) in [5.74, 6) is -0.929. The van der Waals surface area contributed by atoms with Crippen LogP contribution in [0, 0.1) is 5.41 Å². The Kier molecular flexibility index (Phi) is 4.58. The first-order chi connectivity index (χ1) is 10.8. The van der Waals surface area contributed by atoms with Gasteiger partial charge in [-0.05, 0) is 47.1 Å². The molecule has 2 heterocycles. The molecule has 0 saturated heterocycles. The van der Waals surface area contributed by atoms with E-state index in [2.05, 4.69) is 5.32 Å². The van der Waals surface area contributed by atoms with Crippen LogP contribution in [-0.4, -0.2) is 29.1 Å². The van der Waals surface area contributed by atoms with E-state index in [0.29, 0.717) is 17.0 Å². The van der Waals surface area contributed by atoms with E-state index in [4.69, 9.17) is 10.5 Å². The maximum Gasteiger partial charge on any atom is 0.251 e. The summed E-state index contributed by atoms with van der Waals surface area (Å²) >= 11 is 1.31. The van der Waals surface area contributed by atoms with E-state index in [1.54, 1.807) is 13.8 Å². The fourth-order valence-corrected chi connectivity index (χ4v) is 4.27. The summed E-state index contributed by atoms with van der Waals surface area (Å²) in [6.07, 6.45) is 0.541. The lowest BCUT2D eigenvalue weighted by molar-refractivity contribution is -0.135. The van der Waals surface area contributed by atoms with Gasteiger partial charge >= 0.3 is 0 Å².